The second-order valence-electron chi connectivity index (χ2n) is 3.63. The molecule has 0 aliphatic heterocycles. The van der Waals surface area contributed by atoms with Crippen LogP contribution in [-0.4, -0.2) is 37.6 Å². The van der Waals surface area contributed by atoms with Crippen molar-refractivity contribution in [3.8, 4) is 6.07 Å². The Morgan fingerprint density at radius 3 is 2.71 bits per heavy atom. The summed E-state index contributed by atoms with van der Waals surface area (Å²) in [5.41, 5.74) is -0.774. The highest BCUT2D eigenvalue weighted by Crippen LogP contribution is 2.41. The van der Waals surface area contributed by atoms with Crippen molar-refractivity contribution in [3.63, 3.8) is 0 Å². The zero-order valence-corrected chi connectivity index (χ0v) is 8.53. The SMILES string of the molecule is COCC(C#N)(OCCCO)C1CC1. The number of hydrogen-bond donors (Lipinski definition) is 1. The highest BCUT2D eigenvalue weighted by molar-refractivity contribution is 5.11. The second-order valence-corrected chi connectivity index (χ2v) is 3.63. The van der Waals surface area contributed by atoms with Gasteiger partial charge in [-0.2, -0.15) is 5.26 Å². The molecule has 1 aliphatic rings. The molecule has 1 unspecified atom stereocenters. The predicted molar refractivity (Wildman–Crippen MR) is 50.6 cm³/mol. The summed E-state index contributed by atoms with van der Waals surface area (Å²) in [6.07, 6.45) is 2.64. The Bertz CT molecular complexity index is 210. The number of rotatable bonds is 7. The average molecular weight is 199 g/mol. The second kappa shape index (κ2) is 5.30. The van der Waals surface area contributed by atoms with E-state index < -0.39 is 5.60 Å². The van der Waals surface area contributed by atoms with E-state index in [1.54, 1.807) is 7.11 Å². The van der Waals surface area contributed by atoms with E-state index in [9.17, 15) is 0 Å². The fraction of sp³-hybridized carbons (Fsp3) is 0.900. The quantitative estimate of drug-likeness (QED) is 0.613. The number of aliphatic hydroxyl groups is 1. The number of aliphatic hydroxyl groups excluding tert-OH is 1. The van der Waals surface area contributed by atoms with Crippen LogP contribution in [0.2, 0.25) is 0 Å². The molecule has 0 amide bonds. The lowest BCUT2D eigenvalue weighted by molar-refractivity contribution is -0.0680. The first-order valence-electron chi connectivity index (χ1n) is 4.94. The number of hydrogen-bond acceptors (Lipinski definition) is 4. The maximum Gasteiger partial charge on any atom is 0.179 e. The molecule has 0 spiro atoms. The summed E-state index contributed by atoms with van der Waals surface area (Å²) in [6.45, 7) is 0.836. The average Bonchev–Trinajstić information content (AvgIpc) is 3.00. The Hall–Kier alpha value is -0.630. The molecule has 1 N–H and O–H groups in total. The van der Waals surface area contributed by atoms with Crippen LogP contribution in [0.15, 0.2) is 0 Å². The molecule has 0 radical (unpaired) electrons. The first-order chi connectivity index (χ1) is 6.79. The topological polar surface area (TPSA) is 62.5 Å². The predicted octanol–water partition coefficient (Wildman–Crippen LogP) is 0.704. The van der Waals surface area contributed by atoms with Crippen LogP contribution in [-0.2, 0) is 9.47 Å². The van der Waals surface area contributed by atoms with Crippen LogP contribution in [0.1, 0.15) is 19.3 Å². The molecule has 0 bridgehead atoms. The van der Waals surface area contributed by atoms with Crippen LogP contribution in [0.4, 0.5) is 0 Å². The molecule has 14 heavy (non-hydrogen) atoms. The Morgan fingerprint density at radius 2 is 2.29 bits per heavy atom. The van der Waals surface area contributed by atoms with Crippen molar-refractivity contribution >= 4 is 0 Å². The Labute approximate surface area is 84.4 Å². The van der Waals surface area contributed by atoms with Crippen molar-refractivity contribution < 1.29 is 14.6 Å². The maximum absolute atomic E-state index is 9.10. The van der Waals surface area contributed by atoms with Crippen molar-refractivity contribution in [1.29, 1.82) is 5.26 Å². The molecule has 4 nitrogen and oxygen atoms in total. The van der Waals surface area contributed by atoms with E-state index in [0.717, 1.165) is 12.8 Å². The van der Waals surface area contributed by atoms with Gasteiger partial charge in [0.25, 0.3) is 0 Å². The monoisotopic (exact) mass is 199 g/mol. The van der Waals surface area contributed by atoms with Crippen LogP contribution in [0.25, 0.3) is 0 Å². The van der Waals surface area contributed by atoms with Gasteiger partial charge in [-0.15, -0.1) is 0 Å². The van der Waals surface area contributed by atoms with E-state index in [1.807, 2.05) is 0 Å². The fourth-order valence-electron chi connectivity index (χ4n) is 1.52. The summed E-state index contributed by atoms with van der Waals surface area (Å²) < 4.78 is 10.6. The third-order valence-corrected chi connectivity index (χ3v) is 2.45. The summed E-state index contributed by atoms with van der Waals surface area (Å²) in [4.78, 5) is 0. The van der Waals surface area contributed by atoms with Gasteiger partial charge in [0.05, 0.1) is 13.2 Å². The van der Waals surface area contributed by atoms with Gasteiger partial charge < -0.3 is 14.6 Å². The van der Waals surface area contributed by atoms with E-state index in [-0.39, 0.29) is 6.61 Å². The van der Waals surface area contributed by atoms with Crippen molar-refractivity contribution in [1.82, 2.24) is 0 Å². The molecule has 4 heteroatoms. The first-order valence-corrected chi connectivity index (χ1v) is 4.94. The molecular formula is C10H17NO3. The number of nitriles is 1. The van der Waals surface area contributed by atoms with E-state index in [1.165, 1.54) is 0 Å². The van der Waals surface area contributed by atoms with Gasteiger partial charge in [0, 0.05) is 19.6 Å². The Balaban J connectivity index is 2.46. The Kier molecular flexibility index (Phi) is 4.33. The summed E-state index contributed by atoms with van der Waals surface area (Å²) in [6, 6.07) is 2.21. The summed E-state index contributed by atoms with van der Waals surface area (Å²) in [7, 11) is 1.57. The summed E-state index contributed by atoms with van der Waals surface area (Å²) >= 11 is 0. The molecule has 1 rings (SSSR count). The van der Waals surface area contributed by atoms with E-state index >= 15 is 0 Å². The fourth-order valence-corrected chi connectivity index (χ4v) is 1.52. The van der Waals surface area contributed by atoms with Gasteiger partial charge in [-0.05, 0) is 19.3 Å². The number of nitrogens with zero attached hydrogens (tertiary/aromatic N) is 1. The largest absolute Gasteiger partial charge is 0.396 e. The highest BCUT2D eigenvalue weighted by Gasteiger charge is 2.47. The molecule has 0 aromatic carbocycles. The van der Waals surface area contributed by atoms with Gasteiger partial charge in [0.1, 0.15) is 6.07 Å². The number of methoxy groups -OCH3 is 1. The molecule has 0 aromatic rings. The van der Waals surface area contributed by atoms with Gasteiger partial charge >= 0.3 is 0 Å². The van der Waals surface area contributed by atoms with Crippen molar-refractivity contribution in [2.24, 2.45) is 5.92 Å². The molecular weight excluding hydrogens is 182 g/mol. The third kappa shape index (κ3) is 2.68. The first kappa shape index (κ1) is 11.4. The zero-order chi connectivity index (χ0) is 10.4. The van der Waals surface area contributed by atoms with Gasteiger partial charge in [-0.1, -0.05) is 0 Å². The molecule has 1 fully saturated rings. The summed E-state index contributed by atoms with van der Waals surface area (Å²) in [5, 5.41) is 17.7. The van der Waals surface area contributed by atoms with E-state index in [4.69, 9.17) is 19.8 Å². The van der Waals surface area contributed by atoms with Crippen LogP contribution >= 0.6 is 0 Å². The van der Waals surface area contributed by atoms with Crippen LogP contribution in [0.5, 0.6) is 0 Å². The standard InChI is InChI=1S/C10H17NO3/c1-13-8-10(7-11,9-3-4-9)14-6-2-5-12/h9,12H,2-6,8H2,1H3. The summed E-state index contributed by atoms with van der Waals surface area (Å²) in [5.74, 6) is 0.311. The third-order valence-electron chi connectivity index (χ3n) is 2.45. The van der Waals surface area contributed by atoms with Crippen LogP contribution in [0, 0.1) is 17.2 Å². The van der Waals surface area contributed by atoms with Gasteiger partial charge in [0.2, 0.25) is 0 Å². The minimum Gasteiger partial charge on any atom is -0.396 e. The minimum atomic E-state index is -0.774. The van der Waals surface area contributed by atoms with Crippen LogP contribution < -0.4 is 0 Å². The highest BCUT2D eigenvalue weighted by atomic mass is 16.5. The van der Waals surface area contributed by atoms with Crippen molar-refractivity contribution in [2.45, 2.75) is 24.9 Å². The van der Waals surface area contributed by atoms with Gasteiger partial charge in [-0.3, -0.25) is 0 Å². The van der Waals surface area contributed by atoms with Crippen LogP contribution in [0.3, 0.4) is 0 Å². The van der Waals surface area contributed by atoms with Gasteiger partial charge in [-0.25, -0.2) is 0 Å². The minimum absolute atomic E-state index is 0.0964. The van der Waals surface area contributed by atoms with E-state index in [0.29, 0.717) is 25.6 Å². The molecule has 1 aliphatic carbocycles. The maximum atomic E-state index is 9.10. The van der Waals surface area contributed by atoms with E-state index in [2.05, 4.69) is 6.07 Å². The lowest BCUT2D eigenvalue weighted by Crippen LogP contribution is -2.39. The Morgan fingerprint density at radius 1 is 1.57 bits per heavy atom. The molecule has 1 atom stereocenters. The lowest BCUT2D eigenvalue weighted by Gasteiger charge is -2.25. The molecule has 0 saturated heterocycles. The molecule has 1 saturated carbocycles. The normalized spacial score (nSPS) is 20.1. The molecule has 0 heterocycles. The number of ether oxygens (including phenoxy) is 2. The molecule has 0 aromatic heterocycles. The lowest BCUT2D eigenvalue weighted by atomic mass is 10.0. The molecule has 80 valence electrons. The van der Waals surface area contributed by atoms with Gasteiger partial charge in [0.15, 0.2) is 5.60 Å². The smallest absolute Gasteiger partial charge is 0.179 e. The van der Waals surface area contributed by atoms with Crippen molar-refractivity contribution in [3.05, 3.63) is 0 Å². The van der Waals surface area contributed by atoms with Crippen molar-refractivity contribution in [2.75, 3.05) is 26.9 Å². The zero-order valence-electron chi connectivity index (χ0n) is 8.53.